The number of rotatable bonds is 4. The van der Waals surface area contributed by atoms with E-state index in [0.717, 1.165) is 5.39 Å². The summed E-state index contributed by atoms with van der Waals surface area (Å²) in [6.45, 7) is 1.51. The number of anilines is 1. The van der Waals surface area contributed by atoms with E-state index in [0.29, 0.717) is 26.9 Å². The molecule has 26 heavy (non-hydrogen) atoms. The molecule has 5 nitrogen and oxygen atoms in total. The summed E-state index contributed by atoms with van der Waals surface area (Å²) in [5.41, 5.74) is 1.56. The van der Waals surface area contributed by atoms with Gasteiger partial charge in [-0.05, 0) is 61.5 Å². The Morgan fingerprint density at radius 1 is 1.04 bits per heavy atom. The molecule has 0 aliphatic rings. The van der Waals surface area contributed by atoms with Crippen molar-refractivity contribution in [1.82, 2.24) is 4.98 Å². The van der Waals surface area contributed by atoms with Crippen LogP contribution in [0.5, 0.6) is 0 Å². The summed E-state index contributed by atoms with van der Waals surface area (Å²) in [6.07, 6.45) is -0.961. The Balaban J connectivity index is 1.67. The first-order valence-electron chi connectivity index (χ1n) is 7.76. The van der Waals surface area contributed by atoms with E-state index < -0.39 is 18.0 Å². The Bertz CT molecular complexity index is 974. The highest BCUT2D eigenvalue weighted by molar-refractivity contribution is 6.30. The van der Waals surface area contributed by atoms with Crippen LogP contribution in [0.4, 0.5) is 5.69 Å². The summed E-state index contributed by atoms with van der Waals surface area (Å²) in [7, 11) is 0. The van der Waals surface area contributed by atoms with E-state index >= 15 is 0 Å². The molecule has 3 aromatic rings. The van der Waals surface area contributed by atoms with Gasteiger partial charge in [0, 0.05) is 16.1 Å². The molecule has 132 valence electrons. The normalized spacial score (nSPS) is 11.8. The van der Waals surface area contributed by atoms with E-state index in [9.17, 15) is 9.59 Å². The van der Waals surface area contributed by atoms with E-state index in [2.05, 4.69) is 10.3 Å². The first-order valence-corrected chi connectivity index (χ1v) is 8.52. The van der Waals surface area contributed by atoms with E-state index in [1.54, 1.807) is 54.6 Å². The van der Waals surface area contributed by atoms with Crippen LogP contribution in [0.15, 0.2) is 54.6 Å². The minimum absolute atomic E-state index is 0.327. The average molecular weight is 389 g/mol. The fourth-order valence-electron chi connectivity index (χ4n) is 2.29. The molecule has 0 radical (unpaired) electrons. The average Bonchev–Trinajstić information content (AvgIpc) is 2.63. The maximum absolute atomic E-state index is 12.3. The molecule has 0 aliphatic heterocycles. The first-order chi connectivity index (χ1) is 12.4. The standard InChI is InChI=1S/C19H14Cl2N2O3/c1-11(18(24)22-15-6-4-14(20)5-7-15)26-19(25)13-2-8-16-12(10-13)3-9-17(21)23-16/h2-11H,1H3,(H,22,24). The van der Waals surface area contributed by atoms with Crippen LogP contribution in [0, 0.1) is 0 Å². The lowest BCUT2D eigenvalue weighted by Crippen LogP contribution is -2.30. The third kappa shape index (κ3) is 4.31. The van der Waals surface area contributed by atoms with Gasteiger partial charge in [-0.2, -0.15) is 0 Å². The SMILES string of the molecule is CC(OC(=O)c1ccc2nc(Cl)ccc2c1)C(=O)Nc1ccc(Cl)cc1. The van der Waals surface area contributed by atoms with Crippen molar-refractivity contribution in [3.63, 3.8) is 0 Å². The number of pyridine rings is 1. The molecule has 2 aromatic carbocycles. The fourth-order valence-corrected chi connectivity index (χ4v) is 2.57. The van der Waals surface area contributed by atoms with Gasteiger partial charge in [0.15, 0.2) is 6.10 Å². The molecule has 1 aromatic heterocycles. The van der Waals surface area contributed by atoms with Gasteiger partial charge >= 0.3 is 5.97 Å². The number of nitrogens with one attached hydrogen (secondary N) is 1. The maximum atomic E-state index is 12.3. The van der Waals surface area contributed by atoms with Gasteiger partial charge in [0.25, 0.3) is 5.91 Å². The lowest BCUT2D eigenvalue weighted by atomic mass is 10.1. The second kappa shape index (κ2) is 7.72. The number of carbonyl (C=O) groups excluding carboxylic acids is 2. The molecule has 7 heteroatoms. The summed E-state index contributed by atoms with van der Waals surface area (Å²) >= 11 is 11.6. The highest BCUT2D eigenvalue weighted by atomic mass is 35.5. The summed E-state index contributed by atoms with van der Waals surface area (Å²) in [6, 6.07) is 14.9. The van der Waals surface area contributed by atoms with E-state index in [1.165, 1.54) is 6.92 Å². The third-order valence-electron chi connectivity index (χ3n) is 3.66. The van der Waals surface area contributed by atoms with Crippen LogP contribution in [0.2, 0.25) is 10.2 Å². The van der Waals surface area contributed by atoms with Gasteiger partial charge in [0.05, 0.1) is 11.1 Å². The Morgan fingerprint density at radius 2 is 1.77 bits per heavy atom. The van der Waals surface area contributed by atoms with Crippen molar-refractivity contribution < 1.29 is 14.3 Å². The van der Waals surface area contributed by atoms with Gasteiger partial charge in [-0.3, -0.25) is 4.79 Å². The third-order valence-corrected chi connectivity index (χ3v) is 4.12. The molecule has 0 aliphatic carbocycles. The number of halogens is 2. The summed E-state index contributed by atoms with van der Waals surface area (Å²) in [5, 5.41) is 4.35. The molecule has 1 atom stereocenters. The van der Waals surface area contributed by atoms with Crippen molar-refractivity contribution in [3.05, 3.63) is 70.3 Å². The highest BCUT2D eigenvalue weighted by Crippen LogP contribution is 2.18. The number of carbonyl (C=O) groups is 2. The number of aromatic nitrogens is 1. The van der Waals surface area contributed by atoms with Gasteiger partial charge in [-0.1, -0.05) is 23.2 Å². The van der Waals surface area contributed by atoms with Crippen LogP contribution in [0.3, 0.4) is 0 Å². The van der Waals surface area contributed by atoms with E-state index in [-0.39, 0.29) is 0 Å². The summed E-state index contributed by atoms with van der Waals surface area (Å²) in [4.78, 5) is 28.6. The highest BCUT2D eigenvalue weighted by Gasteiger charge is 2.19. The Morgan fingerprint density at radius 3 is 2.50 bits per heavy atom. The smallest absolute Gasteiger partial charge is 0.338 e. The minimum Gasteiger partial charge on any atom is -0.449 e. The van der Waals surface area contributed by atoms with Crippen LogP contribution >= 0.6 is 23.2 Å². The zero-order chi connectivity index (χ0) is 18.7. The number of esters is 1. The van der Waals surface area contributed by atoms with Gasteiger partial charge in [-0.15, -0.1) is 0 Å². The predicted octanol–water partition coefficient (Wildman–Crippen LogP) is 4.73. The lowest BCUT2D eigenvalue weighted by Gasteiger charge is -2.14. The fraction of sp³-hybridized carbons (Fsp3) is 0.105. The zero-order valence-corrected chi connectivity index (χ0v) is 15.2. The first kappa shape index (κ1) is 18.2. The number of fused-ring (bicyclic) bond motifs is 1. The van der Waals surface area contributed by atoms with Gasteiger partial charge < -0.3 is 10.1 Å². The minimum atomic E-state index is -0.961. The van der Waals surface area contributed by atoms with Crippen molar-refractivity contribution >= 4 is 51.7 Å². The molecule has 1 heterocycles. The Labute approximate surface area is 159 Å². The molecular formula is C19H14Cl2N2O3. The number of benzene rings is 2. The topological polar surface area (TPSA) is 68.3 Å². The van der Waals surface area contributed by atoms with Crippen molar-refractivity contribution in [3.8, 4) is 0 Å². The molecular weight excluding hydrogens is 375 g/mol. The summed E-state index contributed by atoms with van der Waals surface area (Å²) in [5.74, 6) is -1.03. The molecule has 3 rings (SSSR count). The molecule has 1 amide bonds. The number of hydrogen-bond acceptors (Lipinski definition) is 4. The number of nitrogens with zero attached hydrogens (tertiary/aromatic N) is 1. The summed E-state index contributed by atoms with van der Waals surface area (Å²) < 4.78 is 5.24. The van der Waals surface area contributed by atoms with Crippen LogP contribution in [-0.2, 0) is 9.53 Å². The van der Waals surface area contributed by atoms with Crippen LogP contribution < -0.4 is 5.32 Å². The lowest BCUT2D eigenvalue weighted by molar-refractivity contribution is -0.123. The predicted molar refractivity (Wildman–Crippen MR) is 102 cm³/mol. The van der Waals surface area contributed by atoms with Crippen molar-refractivity contribution in [2.24, 2.45) is 0 Å². The largest absolute Gasteiger partial charge is 0.449 e. The van der Waals surface area contributed by atoms with Gasteiger partial charge in [0.2, 0.25) is 0 Å². The zero-order valence-electron chi connectivity index (χ0n) is 13.7. The maximum Gasteiger partial charge on any atom is 0.338 e. The van der Waals surface area contributed by atoms with Crippen molar-refractivity contribution in [2.45, 2.75) is 13.0 Å². The monoisotopic (exact) mass is 388 g/mol. The Kier molecular flexibility index (Phi) is 5.40. The molecule has 1 N–H and O–H groups in total. The number of amides is 1. The molecule has 1 unspecified atom stereocenters. The van der Waals surface area contributed by atoms with Crippen molar-refractivity contribution in [1.29, 1.82) is 0 Å². The molecule has 0 saturated carbocycles. The second-order valence-electron chi connectivity index (χ2n) is 5.59. The van der Waals surface area contributed by atoms with Crippen molar-refractivity contribution in [2.75, 3.05) is 5.32 Å². The van der Waals surface area contributed by atoms with E-state index in [4.69, 9.17) is 27.9 Å². The molecule has 0 bridgehead atoms. The van der Waals surface area contributed by atoms with Gasteiger partial charge in [0.1, 0.15) is 5.15 Å². The van der Waals surface area contributed by atoms with Crippen LogP contribution in [0.1, 0.15) is 17.3 Å². The van der Waals surface area contributed by atoms with E-state index in [1.807, 2.05) is 0 Å². The van der Waals surface area contributed by atoms with Crippen LogP contribution in [-0.4, -0.2) is 23.0 Å². The van der Waals surface area contributed by atoms with Crippen LogP contribution in [0.25, 0.3) is 10.9 Å². The number of hydrogen-bond donors (Lipinski definition) is 1. The molecule has 0 saturated heterocycles. The second-order valence-corrected chi connectivity index (χ2v) is 6.41. The Hall–Kier alpha value is -2.63. The quantitative estimate of drug-likeness (QED) is 0.518. The molecule has 0 spiro atoms. The number of ether oxygens (including phenoxy) is 1. The molecule has 0 fully saturated rings. The van der Waals surface area contributed by atoms with Gasteiger partial charge in [-0.25, -0.2) is 9.78 Å².